The van der Waals surface area contributed by atoms with Crippen LogP contribution in [0.5, 0.6) is 5.75 Å². The molecule has 1 saturated carbocycles. The fourth-order valence-electron chi connectivity index (χ4n) is 2.99. The lowest BCUT2D eigenvalue weighted by Gasteiger charge is -2.15. The highest BCUT2D eigenvalue weighted by Crippen LogP contribution is 2.30. The predicted octanol–water partition coefficient (Wildman–Crippen LogP) is 3.63. The number of aliphatic imine (C=N–C) groups is 1. The number of ether oxygens (including phenoxy) is 1. The largest absolute Gasteiger partial charge is 0.493 e. The fraction of sp³-hybridized carbons (Fsp3) is 0.391. The van der Waals surface area contributed by atoms with E-state index in [-0.39, 0.29) is 29.9 Å². The molecule has 0 heterocycles. The van der Waals surface area contributed by atoms with Gasteiger partial charge in [0, 0.05) is 38.3 Å². The number of carbonyl (C=O) groups is 1. The van der Waals surface area contributed by atoms with Crippen molar-refractivity contribution in [2.75, 3.05) is 20.7 Å². The van der Waals surface area contributed by atoms with E-state index in [1.807, 2.05) is 18.2 Å². The number of hydrogen-bond acceptors (Lipinski definition) is 3. The zero-order chi connectivity index (χ0) is 20.6. The zero-order valence-corrected chi connectivity index (χ0v) is 20.2. The van der Waals surface area contributed by atoms with Crippen LogP contribution in [-0.2, 0) is 13.1 Å². The number of rotatable bonds is 8. The molecule has 0 aliphatic heterocycles. The van der Waals surface area contributed by atoms with Crippen LogP contribution in [0.4, 0.5) is 0 Å². The van der Waals surface area contributed by atoms with Crippen LogP contribution in [0, 0.1) is 12.8 Å². The molecule has 0 radical (unpaired) electrons. The van der Waals surface area contributed by atoms with Gasteiger partial charge in [0.15, 0.2) is 5.96 Å². The lowest BCUT2D eigenvalue weighted by atomic mass is 10.1. The van der Waals surface area contributed by atoms with Crippen molar-refractivity contribution in [3.8, 4) is 5.75 Å². The van der Waals surface area contributed by atoms with Crippen molar-refractivity contribution in [3.05, 3.63) is 64.7 Å². The molecule has 0 spiro atoms. The van der Waals surface area contributed by atoms with E-state index < -0.39 is 0 Å². The van der Waals surface area contributed by atoms with Crippen molar-refractivity contribution in [1.29, 1.82) is 0 Å². The second-order valence-corrected chi connectivity index (χ2v) is 7.42. The predicted molar refractivity (Wildman–Crippen MR) is 132 cm³/mol. The van der Waals surface area contributed by atoms with Crippen LogP contribution >= 0.6 is 24.0 Å². The minimum Gasteiger partial charge on any atom is -0.493 e. The molecule has 0 bridgehead atoms. The number of guanidine groups is 1. The van der Waals surface area contributed by atoms with E-state index in [2.05, 4.69) is 46.1 Å². The van der Waals surface area contributed by atoms with E-state index in [0.717, 1.165) is 29.4 Å². The first kappa shape index (κ1) is 24.0. The van der Waals surface area contributed by atoms with Crippen LogP contribution in [-0.4, -0.2) is 32.6 Å². The molecule has 2 aromatic rings. The van der Waals surface area contributed by atoms with Gasteiger partial charge in [0.1, 0.15) is 5.75 Å². The van der Waals surface area contributed by atoms with Gasteiger partial charge >= 0.3 is 0 Å². The van der Waals surface area contributed by atoms with Crippen molar-refractivity contribution >= 4 is 35.8 Å². The molecule has 30 heavy (non-hydrogen) atoms. The molecule has 1 aliphatic rings. The molecule has 2 aromatic carbocycles. The Labute approximate surface area is 195 Å². The average molecular weight is 522 g/mol. The number of halogens is 1. The topological polar surface area (TPSA) is 74.8 Å². The van der Waals surface area contributed by atoms with E-state index in [9.17, 15) is 4.79 Å². The minimum atomic E-state index is -0.0903. The van der Waals surface area contributed by atoms with Gasteiger partial charge in [-0.3, -0.25) is 9.79 Å². The van der Waals surface area contributed by atoms with E-state index >= 15 is 0 Å². The number of nitrogens with one attached hydrogen (secondary N) is 3. The Hall–Kier alpha value is -2.29. The number of aryl methyl sites for hydroxylation is 1. The van der Waals surface area contributed by atoms with Crippen molar-refractivity contribution in [2.24, 2.45) is 10.9 Å². The summed E-state index contributed by atoms with van der Waals surface area (Å²) in [4.78, 5) is 16.1. The van der Waals surface area contributed by atoms with Crippen LogP contribution in [0.3, 0.4) is 0 Å². The van der Waals surface area contributed by atoms with Crippen molar-refractivity contribution in [1.82, 2.24) is 16.0 Å². The molecule has 1 amide bonds. The molecule has 3 N–H and O–H groups in total. The van der Waals surface area contributed by atoms with E-state index in [1.54, 1.807) is 20.2 Å². The van der Waals surface area contributed by atoms with Gasteiger partial charge < -0.3 is 20.7 Å². The Morgan fingerprint density at radius 2 is 1.90 bits per heavy atom. The van der Waals surface area contributed by atoms with Gasteiger partial charge in [0.2, 0.25) is 0 Å². The first-order valence-electron chi connectivity index (χ1n) is 10.1. The Bertz CT molecular complexity index is 881. The molecule has 0 atom stereocenters. The van der Waals surface area contributed by atoms with E-state index in [0.29, 0.717) is 24.6 Å². The molecule has 3 rings (SSSR count). The Balaban J connectivity index is 0.00000320. The number of hydrogen-bond donors (Lipinski definition) is 3. The first-order valence-corrected chi connectivity index (χ1v) is 10.1. The summed E-state index contributed by atoms with van der Waals surface area (Å²) in [5.41, 5.74) is 3.96. The molecule has 1 fully saturated rings. The van der Waals surface area contributed by atoms with Crippen molar-refractivity contribution < 1.29 is 9.53 Å². The van der Waals surface area contributed by atoms with E-state index in [1.165, 1.54) is 18.4 Å². The molecule has 0 aromatic heterocycles. The summed E-state index contributed by atoms with van der Waals surface area (Å²) in [6.45, 7) is 4.07. The fourth-order valence-corrected chi connectivity index (χ4v) is 2.99. The Morgan fingerprint density at radius 3 is 2.60 bits per heavy atom. The zero-order valence-electron chi connectivity index (χ0n) is 17.8. The van der Waals surface area contributed by atoms with E-state index in [4.69, 9.17) is 4.74 Å². The Morgan fingerprint density at radius 1 is 1.13 bits per heavy atom. The number of carbonyl (C=O) groups excluding carboxylic acids is 1. The van der Waals surface area contributed by atoms with Crippen LogP contribution in [0.2, 0.25) is 0 Å². The summed E-state index contributed by atoms with van der Waals surface area (Å²) in [6.07, 6.45) is 2.55. The molecule has 6 nitrogen and oxygen atoms in total. The van der Waals surface area contributed by atoms with Gasteiger partial charge in [-0.05, 0) is 55.0 Å². The highest BCUT2D eigenvalue weighted by atomic mass is 127. The minimum absolute atomic E-state index is 0. The maximum absolute atomic E-state index is 11.8. The smallest absolute Gasteiger partial charge is 0.251 e. The lowest BCUT2D eigenvalue weighted by molar-refractivity contribution is 0.0963. The lowest BCUT2D eigenvalue weighted by Crippen LogP contribution is -2.36. The van der Waals surface area contributed by atoms with Crippen molar-refractivity contribution in [2.45, 2.75) is 32.9 Å². The standard InChI is InChI=1S/C23H30N4O2.HI/c1-16-7-10-20(21(11-16)29-15-17-8-9-17)14-27-23(25-3)26-13-18-5-4-6-19(12-18)22(28)24-2;/h4-7,10-12,17H,8-9,13-15H2,1-3H3,(H,24,28)(H2,25,26,27);1H. The monoisotopic (exact) mass is 522 g/mol. The normalized spacial score (nSPS) is 13.2. The molecule has 7 heteroatoms. The highest BCUT2D eigenvalue weighted by Gasteiger charge is 2.22. The first-order chi connectivity index (χ1) is 14.1. The Kier molecular flexibility index (Phi) is 9.42. The van der Waals surface area contributed by atoms with Gasteiger partial charge in [0.25, 0.3) is 5.91 Å². The third-order valence-corrected chi connectivity index (χ3v) is 4.94. The molecule has 1 aliphatic carbocycles. The number of amides is 1. The summed E-state index contributed by atoms with van der Waals surface area (Å²) in [6, 6.07) is 13.8. The summed E-state index contributed by atoms with van der Waals surface area (Å²) in [7, 11) is 3.38. The highest BCUT2D eigenvalue weighted by molar-refractivity contribution is 14.0. The van der Waals surface area contributed by atoms with Crippen LogP contribution in [0.1, 0.15) is 39.9 Å². The third kappa shape index (κ3) is 7.19. The average Bonchev–Trinajstić information content (AvgIpc) is 3.57. The van der Waals surface area contributed by atoms with Crippen LogP contribution in [0.25, 0.3) is 0 Å². The molecule has 162 valence electrons. The maximum Gasteiger partial charge on any atom is 0.251 e. The van der Waals surface area contributed by atoms with Gasteiger partial charge in [0.05, 0.1) is 6.61 Å². The van der Waals surface area contributed by atoms with Gasteiger partial charge in [-0.2, -0.15) is 0 Å². The summed E-state index contributed by atoms with van der Waals surface area (Å²) in [5.74, 6) is 2.27. The molecule has 0 unspecified atom stereocenters. The summed E-state index contributed by atoms with van der Waals surface area (Å²) >= 11 is 0. The third-order valence-electron chi connectivity index (χ3n) is 4.94. The van der Waals surface area contributed by atoms with Gasteiger partial charge in [-0.1, -0.05) is 24.3 Å². The molecular weight excluding hydrogens is 491 g/mol. The summed E-state index contributed by atoms with van der Waals surface area (Å²) in [5, 5.41) is 9.29. The second-order valence-electron chi connectivity index (χ2n) is 7.42. The number of nitrogens with zero attached hydrogens (tertiary/aromatic N) is 1. The quantitative estimate of drug-likeness (QED) is 0.281. The van der Waals surface area contributed by atoms with Gasteiger partial charge in [-0.25, -0.2) is 0 Å². The summed E-state index contributed by atoms with van der Waals surface area (Å²) < 4.78 is 6.05. The number of benzene rings is 2. The second kappa shape index (κ2) is 11.8. The van der Waals surface area contributed by atoms with Crippen LogP contribution in [0.15, 0.2) is 47.5 Å². The SMILES string of the molecule is CN=C(NCc1cccc(C(=O)NC)c1)NCc1ccc(C)cc1OCC1CC1.I. The molecular formula is C23H31IN4O2. The van der Waals surface area contributed by atoms with Crippen molar-refractivity contribution in [3.63, 3.8) is 0 Å². The molecule has 0 saturated heterocycles. The maximum atomic E-state index is 11.8. The van der Waals surface area contributed by atoms with Gasteiger partial charge in [-0.15, -0.1) is 24.0 Å². The van der Waals surface area contributed by atoms with Crippen LogP contribution < -0.4 is 20.7 Å².